The van der Waals surface area contributed by atoms with Gasteiger partial charge in [0.25, 0.3) is 0 Å². The summed E-state index contributed by atoms with van der Waals surface area (Å²) in [5, 5.41) is 0. The summed E-state index contributed by atoms with van der Waals surface area (Å²) in [6.45, 7) is 3.16. The van der Waals surface area contributed by atoms with Crippen LogP contribution in [-0.4, -0.2) is 12.4 Å². The predicted octanol–water partition coefficient (Wildman–Crippen LogP) is 2.60. The molecule has 2 rings (SSSR count). The standard InChI is InChI=1S/C12H13FO2/c1-7(2)5-8-9(13)3-4-11-12(8)10(14)6-15-11/h3-4,7H,5-6H2,1-2H3/i5D2. The Morgan fingerprint density at radius 1 is 1.60 bits per heavy atom. The molecule has 80 valence electrons. The van der Waals surface area contributed by atoms with Gasteiger partial charge in [-0.2, -0.15) is 0 Å². The van der Waals surface area contributed by atoms with Crippen LogP contribution in [0.4, 0.5) is 4.39 Å². The van der Waals surface area contributed by atoms with Crippen molar-refractivity contribution in [3.63, 3.8) is 0 Å². The lowest BCUT2D eigenvalue weighted by molar-refractivity contribution is 0.0960. The highest BCUT2D eigenvalue weighted by atomic mass is 19.1. The molecule has 0 bridgehead atoms. The van der Waals surface area contributed by atoms with Gasteiger partial charge in [0.1, 0.15) is 11.6 Å². The molecule has 0 aromatic heterocycles. The van der Waals surface area contributed by atoms with Gasteiger partial charge in [-0.3, -0.25) is 4.79 Å². The summed E-state index contributed by atoms with van der Waals surface area (Å²) in [6.07, 6.45) is -1.89. The molecule has 0 amide bonds. The molecule has 3 heteroatoms. The van der Waals surface area contributed by atoms with Gasteiger partial charge in [0, 0.05) is 8.30 Å². The summed E-state index contributed by atoms with van der Waals surface area (Å²) in [6, 6.07) is 2.52. The number of fused-ring (bicyclic) bond motifs is 1. The highest BCUT2D eigenvalue weighted by Gasteiger charge is 2.26. The second-order valence-electron chi connectivity index (χ2n) is 3.81. The van der Waals surface area contributed by atoms with Crippen LogP contribution in [0.15, 0.2) is 12.1 Å². The molecule has 0 unspecified atom stereocenters. The van der Waals surface area contributed by atoms with Crippen LogP contribution in [0.2, 0.25) is 0 Å². The van der Waals surface area contributed by atoms with Crippen LogP contribution in [0.25, 0.3) is 0 Å². The molecule has 1 aliphatic rings. The van der Waals surface area contributed by atoms with Gasteiger partial charge >= 0.3 is 0 Å². The molecule has 0 atom stereocenters. The molecule has 0 radical (unpaired) electrons. The molecule has 1 aromatic carbocycles. The summed E-state index contributed by atoms with van der Waals surface area (Å²) in [5.41, 5.74) is -0.115. The van der Waals surface area contributed by atoms with Crippen LogP contribution in [0.3, 0.4) is 0 Å². The van der Waals surface area contributed by atoms with Crippen LogP contribution in [0.1, 0.15) is 32.5 Å². The van der Waals surface area contributed by atoms with Crippen LogP contribution in [-0.2, 0) is 6.37 Å². The maximum Gasteiger partial charge on any atom is 0.204 e. The first kappa shape index (κ1) is 7.85. The average Bonchev–Trinajstić information content (AvgIpc) is 2.60. The minimum Gasteiger partial charge on any atom is -0.485 e. The Bertz CT molecular complexity index is 484. The largest absolute Gasteiger partial charge is 0.485 e. The normalized spacial score (nSPS) is 17.2. The van der Waals surface area contributed by atoms with E-state index in [1.807, 2.05) is 0 Å². The fourth-order valence-electron chi connectivity index (χ4n) is 1.60. The molecule has 0 fully saturated rings. The van der Waals surface area contributed by atoms with Gasteiger partial charge in [0.05, 0.1) is 5.56 Å². The Morgan fingerprint density at radius 3 is 3.00 bits per heavy atom. The molecular formula is C12H13FO2. The van der Waals surface area contributed by atoms with Gasteiger partial charge < -0.3 is 4.74 Å². The molecule has 2 nitrogen and oxygen atoms in total. The van der Waals surface area contributed by atoms with Crippen molar-refractivity contribution in [2.45, 2.75) is 20.2 Å². The number of ether oxygens (including phenoxy) is 1. The Balaban J connectivity index is 2.70. The van der Waals surface area contributed by atoms with Crippen LogP contribution in [0.5, 0.6) is 5.75 Å². The van der Waals surface area contributed by atoms with Crippen molar-refractivity contribution < 1.29 is 16.7 Å². The van der Waals surface area contributed by atoms with E-state index in [1.54, 1.807) is 13.8 Å². The minimum absolute atomic E-state index is 0.0590. The fourth-order valence-corrected chi connectivity index (χ4v) is 1.60. The summed E-state index contributed by atoms with van der Waals surface area (Å²) in [7, 11) is 0. The summed E-state index contributed by atoms with van der Waals surface area (Å²) >= 11 is 0. The lowest BCUT2D eigenvalue weighted by Crippen LogP contribution is -2.06. The number of ketones is 1. The van der Waals surface area contributed by atoms with Crippen molar-refractivity contribution in [3.05, 3.63) is 29.1 Å². The smallest absolute Gasteiger partial charge is 0.204 e. The van der Waals surface area contributed by atoms with Crippen molar-refractivity contribution in [2.75, 3.05) is 6.61 Å². The zero-order chi connectivity index (χ0) is 12.8. The molecule has 1 aromatic rings. The van der Waals surface area contributed by atoms with E-state index in [-0.39, 0.29) is 29.3 Å². The fraction of sp³-hybridized carbons (Fsp3) is 0.417. The Labute approximate surface area is 90.9 Å². The number of benzene rings is 1. The van der Waals surface area contributed by atoms with E-state index in [4.69, 9.17) is 7.48 Å². The number of hydrogen-bond donors (Lipinski definition) is 0. The maximum atomic E-state index is 13.8. The SMILES string of the molecule is [2H]C([2H])(c1c(F)ccc2c1C(=O)CO2)C(C)C. The number of Topliss-reactive ketones (excluding diaryl/α,β-unsaturated/α-hetero) is 1. The zero-order valence-electron chi connectivity index (χ0n) is 10.6. The van der Waals surface area contributed by atoms with E-state index in [0.717, 1.165) is 6.07 Å². The topological polar surface area (TPSA) is 26.3 Å². The zero-order valence-corrected chi connectivity index (χ0v) is 8.63. The first-order chi connectivity index (χ1) is 7.85. The summed E-state index contributed by atoms with van der Waals surface area (Å²) in [4.78, 5) is 11.6. The van der Waals surface area contributed by atoms with E-state index < -0.39 is 18.1 Å². The predicted molar refractivity (Wildman–Crippen MR) is 54.8 cm³/mol. The number of hydrogen-bond acceptors (Lipinski definition) is 2. The minimum atomic E-state index is -1.89. The van der Waals surface area contributed by atoms with Crippen molar-refractivity contribution in [1.29, 1.82) is 0 Å². The number of carbonyl (C=O) groups is 1. The Hall–Kier alpha value is -1.38. The average molecular weight is 210 g/mol. The Morgan fingerprint density at radius 2 is 2.33 bits per heavy atom. The summed E-state index contributed by atoms with van der Waals surface area (Å²) in [5.74, 6) is -1.21. The van der Waals surface area contributed by atoms with Gasteiger partial charge in [-0.05, 0) is 24.4 Å². The molecular weight excluding hydrogens is 195 g/mol. The van der Waals surface area contributed by atoms with E-state index in [2.05, 4.69) is 0 Å². The second kappa shape index (κ2) is 3.65. The third kappa shape index (κ3) is 1.74. The van der Waals surface area contributed by atoms with Gasteiger partial charge in [0.2, 0.25) is 5.78 Å². The maximum absolute atomic E-state index is 13.8. The lowest BCUT2D eigenvalue weighted by atomic mass is 9.95. The van der Waals surface area contributed by atoms with Gasteiger partial charge in [-0.1, -0.05) is 13.8 Å². The number of halogens is 1. The molecule has 0 aliphatic carbocycles. The molecule has 15 heavy (non-hydrogen) atoms. The van der Waals surface area contributed by atoms with Gasteiger partial charge in [0.15, 0.2) is 6.61 Å². The molecule has 0 saturated heterocycles. The van der Waals surface area contributed by atoms with Crippen molar-refractivity contribution in [3.8, 4) is 5.75 Å². The third-order valence-corrected chi connectivity index (χ3v) is 2.19. The first-order valence-electron chi connectivity index (χ1n) is 5.84. The first-order valence-corrected chi connectivity index (χ1v) is 4.84. The Kier molecular flexibility index (Phi) is 1.91. The second-order valence-corrected chi connectivity index (χ2v) is 3.81. The highest BCUT2D eigenvalue weighted by molar-refractivity contribution is 6.03. The summed E-state index contributed by atoms with van der Waals surface area (Å²) < 4.78 is 34.8. The monoisotopic (exact) mass is 210 g/mol. The van der Waals surface area contributed by atoms with Crippen molar-refractivity contribution >= 4 is 5.78 Å². The van der Waals surface area contributed by atoms with Crippen LogP contribution in [0, 0.1) is 11.7 Å². The quantitative estimate of drug-likeness (QED) is 0.750. The number of carbonyl (C=O) groups excluding carboxylic acids is 1. The molecule has 0 spiro atoms. The highest BCUT2D eigenvalue weighted by Crippen LogP contribution is 2.31. The van der Waals surface area contributed by atoms with E-state index in [1.165, 1.54) is 6.07 Å². The van der Waals surface area contributed by atoms with Crippen LogP contribution >= 0.6 is 0 Å². The molecule has 0 N–H and O–H groups in total. The molecule has 0 saturated carbocycles. The van der Waals surface area contributed by atoms with Gasteiger partial charge in [-0.15, -0.1) is 0 Å². The molecule has 1 aliphatic heterocycles. The van der Waals surface area contributed by atoms with Crippen molar-refractivity contribution in [2.24, 2.45) is 5.92 Å². The third-order valence-electron chi connectivity index (χ3n) is 2.19. The molecule has 1 heterocycles. The van der Waals surface area contributed by atoms with Crippen molar-refractivity contribution in [1.82, 2.24) is 0 Å². The van der Waals surface area contributed by atoms with E-state index >= 15 is 0 Å². The van der Waals surface area contributed by atoms with Gasteiger partial charge in [-0.25, -0.2) is 4.39 Å². The number of rotatable bonds is 2. The van der Waals surface area contributed by atoms with E-state index in [9.17, 15) is 9.18 Å². The van der Waals surface area contributed by atoms with E-state index in [0.29, 0.717) is 0 Å². The lowest BCUT2D eigenvalue weighted by Gasteiger charge is -2.09. The van der Waals surface area contributed by atoms with Crippen LogP contribution < -0.4 is 4.74 Å².